The zero-order valence-corrected chi connectivity index (χ0v) is 16.0. The second-order valence-corrected chi connectivity index (χ2v) is 8.03. The molecule has 0 radical (unpaired) electrons. The lowest BCUT2D eigenvalue weighted by Gasteiger charge is -2.14. The molecule has 1 N–H and O–H groups in total. The van der Waals surface area contributed by atoms with Crippen LogP contribution in [-0.2, 0) is 21.2 Å². The van der Waals surface area contributed by atoms with Gasteiger partial charge in [-0.3, -0.25) is 9.59 Å². The number of methoxy groups -OCH3 is 1. The quantitative estimate of drug-likeness (QED) is 0.727. The number of halogens is 4. The summed E-state index contributed by atoms with van der Waals surface area (Å²) in [6, 6.07) is 5.04. The summed E-state index contributed by atoms with van der Waals surface area (Å²) in [6.07, 6.45) is 1.35. The standard InChI is InChI=1S/C15H12BrF3N2O5S/c1-26-12-4-3-10(27(24,25)15(17,18)19)6-11(12)20-13(22)8-21-7-9(16)2-5-14(21)23/h2-7H,8H2,1H3,(H,20,22). The maximum atomic E-state index is 12.7. The maximum Gasteiger partial charge on any atom is 0.501 e. The Morgan fingerprint density at radius 1 is 1.26 bits per heavy atom. The highest BCUT2D eigenvalue weighted by Gasteiger charge is 2.47. The van der Waals surface area contributed by atoms with E-state index in [1.54, 1.807) is 0 Å². The molecular formula is C15H12BrF3N2O5S. The fourth-order valence-corrected chi connectivity index (χ4v) is 3.22. The number of amides is 1. The zero-order chi connectivity index (χ0) is 20.4. The largest absolute Gasteiger partial charge is 0.501 e. The number of rotatable bonds is 5. The first kappa shape index (κ1) is 21.0. The Morgan fingerprint density at radius 3 is 2.52 bits per heavy atom. The molecule has 0 saturated carbocycles. The highest BCUT2D eigenvalue weighted by Crippen LogP contribution is 2.34. The molecule has 1 amide bonds. The smallest absolute Gasteiger partial charge is 0.495 e. The SMILES string of the molecule is COc1ccc(S(=O)(=O)C(F)(F)F)cc1NC(=O)Cn1cc(Br)ccc1=O. The van der Waals surface area contributed by atoms with Gasteiger partial charge in [0.2, 0.25) is 5.91 Å². The summed E-state index contributed by atoms with van der Waals surface area (Å²) in [7, 11) is -4.40. The summed E-state index contributed by atoms with van der Waals surface area (Å²) in [5, 5.41) is 2.25. The number of nitrogens with one attached hydrogen (secondary N) is 1. The van der Waals surface area contributed by atoms with Crippen molar-refractivity contribution in [2.24, 2.45) is 0 Å². The second kappa shape index (κ2) is 7.72. The normalized spacial score (nSPS) is 11.9. The number of aromatic nitrogens is 1. The van der Waals surface area contributed by atoms with Crippen LogP contribution in [0.3, 0.4) is 0 Å². The van der Waals surface area contributed by atoms with Gasteiger partial charge in [-0.2, -0.15) is 13.2 Å². The minimum absolute atomic E-state index is 0.0499. The van der Waals surface area contributed by atoms with E-state index in [4.69, 9.17) is 4.74 Å². The van der Waals surface area contributed by atoms with Crippen molar-refractivity contribution in [2.45, 2.75) is 16.9 Å². The number of anilines is 1. The van der Waals surface area contributed by atoms with Crippen molar-refractivity contribution in [3.63, 3.8) is 0 Å². The number of sulfone groups is 1. The fraction of sp³-hybridized carbons (Fsp3) is 0.200. The first-order chi connectivity index (χ1) is 12.5. The van der Waals surface area contributed by atoms with Crippen LogP contribution < -0.4 is 15.6 Å². The third kappa shape index (κ3) is 4.69. The number of hydrogen-bond acceptors (Lipinski definition) is 5. The fourth-order valence-electron chi connectivity index (χ4n) is 2.06. The molecule has 146 valence electrons. The van der Waals surface area contributed by atoms with Gasteiger partial charge in [0.25, 0.3) is 15.4 Å². The van der Waals surface area contributed by atoms with Crippen LogP contribution in [0.5, 0.6) is 5.75 Å². The lowest BCUT2D eigenvalue weighted by Crippen LogP contribution is -2.27. The number of alkyl halides is 3. The number of benzene rings is 1. The Bertz CT molecular complexity index is 1030. The van der Waals surface area contributed by atoms with Crippen LogP contribution in [0.25, 0.3) is 0 Å². The summed E-state index contributed by atoms with van der Waals surface area (Å²) in [6.45, 7) is -0.447. The second-order valence-electron chi connectivity index (χ2n) is 5.17. The van der Waals surface area contributed by atoms with Crippen LogP contribution in [0.1, 0.15) is 0 Å². The number of carbonyl (C=O) groups is 1. The van der Waals surface area contributed by atoms with Gasteiger partial charge in [-0.15, -0.1) is 0 Å². The summed E-state index contributed by atoms with van der Waals surface area (Å²) < 4.78 is 67.7. The minimum Gasteiger partial charge on any atom is -0.495 e. The molecule has 0 aliphatic carbocycles. The molecule has 0 atom stereocenters. The van der Waals surface area contributed by atoms with Gasteiger partial charge in [-0.05, 0) is 40.2 Å². The molecule has 2 aromatic rings. The van der Waals surface area contributed by atoms with Crippen molar-refractivity contribution < 1.29 is 31.1 Å². The van der Waals surface area contributed by atoms with Crippen molar-refractivity contribution in [2.75, 3.05) is 12.4 Å². The van der Waals surface area contributed by atoms with Crippen molar-refractivity contribution in [1.82, 2.24) is 4.57 Å². The molecule has 27 heavy (non-hydrogen) atoms. The molecule has 0 unspecified atom stereocenters. The molecule has 1 heterocycles. The van der Waals surface area contributed by atoms with Gasteiger partial charge in [0, 0.05) is 16.7 Å². The third-order valence-electron chi connectivity index (χ3n) is 3.32. The van der Waals surface area contributed by atoms with Crippen LogP contribution in [-0.4, -0.2) is 31.5 Å². The van der Waals surface area contributed by atoms with E-state index < -0.39 is 38.3 Å². The van der Waals surface area contributed by atoms with Crippen LogP contribution in [0, 0.1) is 0 Å². The highest BCUT2D eigenvalue weighted by atomic mass is 79.9. The van der Waals surface area contributed by atoms with Gasteiger partial charge in [-0.25, -0.2) is 8.42 Å². The predicted molar refractivity (Wildman–Crippen MR) is 93.3 cm³/mol. The van der Waals surface area contributed by atoms with Gasteiger partial charge in [0.15, 0.2) is 0 Å². The monoisotopic (exact) mass is 468 g/mol. The molecule has 1 aromatic heterocycles. The molecule has 1 aromatic carbocycles. The van der Waals surface area contributed by atoms with Crippen molar-refractivity contribution in [3.05, 3.63) is 51.4 Å². The van der Waals surface area contributed by atoms with Gasteiger partial charge >= 0.3 is 5.51 Å². The van der Waals surface area contributed by atoms with Gasteiger partial charge in [-0.1, -0.05) is 0 Å². The van der Waals surface area contributed by atoms with Crippen LogP contribution in [0.4, 0.5) is 18.9 Å². The number of carbonyl (C=O) groups excluding carboxylic acids is 1. The average molecular weight is 469 g/mol. The molecule has 0 spiro atoms. The lowest BCUT2D eigenvalue weighted by molar-refractivity contribution is -0.116. The minimum atomic E-state index is -5.60. The summed E-state index contributed by atoms with van der Waals surface area (Å²) in [4.78, 5) is 22.8. The lowest BCUT2D eigenvalue weighted by atomic mass is 10.3. The van der Waals surface area contributed by atoms with E-state index >= 15 is 0 Å². The van der Waals surface area contributed by atoms with E-state index in [2.05, 4.69) is 21.2 Å². The van der Waals surface area contributed by atoms with E-state index in [-0.39, 0.29) is 11.4 Å². The van der Waals surface area contributed by atoms with Crippen LogP contribution in [0.15, 0.2) is 50.7 Å². The van der Waals surface area contributed by atoms with Gasteiger partial charge in [0.1, 0.15) is 12.3 Å². The van der Waals surface area contributed by atoms with Crippen molar-refractivity contribution in [3.8, 4) is 5.75 Å². The molecule has 12 heteroatoms. The van der Waals surface area contributed by atoms with Crippen LogP contribution in [0.2, 0.25) is 0 Å². The molecule has 0 saturated heterocycles. The Labute approximate surface area is 159 Å². The summed E-state index contributed by atoms with van der Waals surface area (Å²) in [5.74, 6) is -0.818. The zero-order valence-electron chi connectivity index (χ0n) is 13.6. The number of nitrogens with zero attached hydrogens (tertiary/aromatic N) is 1. The van der Waals surface area contributed by atoms with E-state index in [1.807, 2.05) is 0 Å². The Hall–Kier alpha value is -2.34. The summed E-state index contributed by atoms with van der Waals surface area (Å²) in [5.41, 5.74) is -6.25. The number of ether oxygens (including phenoxy) is 1. The average Bonchev–Trinajstić information content (AvgIpc) is 2.57. The summed E-state index contributed by atoms with van der Waals surface area (Å²) >= 11 is 3.14. The van der Waals surface area contributed by atoms with Crippen molar-refractivity contribution >= 4 is 37.4 Å². The van der Waals surface area contributed by atoms with E-state index in [0.29, 0.717) is 10.5 Å². The Balaban J connectivity index is 2.34. The molecular weight excluding hydrogens is 457 g/mol. The van der Waals surface area contributed by atoms with Crippen LogP contribution >= 0.6 is 15.9 Å². The highest BCUT2D eigenvalue weighted by molar-refractivity contribution is 9.10. The Kier molecular flexibility index (Phi) is 6.00. The van der Waals surface area contributed by atoms with Crippen molar-refractivity contribution in [1.29, 1.82) is 0 Å². The van der Waals surface area contributed by atoms with E-state index in [1.165, 1.54) is 25.4 Å². The maximum absolute atomic E-state index is 12.7. The first-order valence-corrected chi connectivity index (χ1v) is 9.38. The first-order valence-electron chi connectivity index (χ1n) is 7.11. The topological polar surface area (TPSA) is 94.5 Å². The third-order valence-corrected chi connectivity index (χ3v) is 5.27. The number of hydrogen-bond donors (Lipinski definition) is 1. The van der Waals surface area contributed by atoms with Gasteiger partial charge in [0.05, 0.1) is 17.7 Å². The Morgan fingerprint density at radius 2 is 1.93 bits per heavy atom. The molecule has 2 rings (SSSR count). The molecule has 0 aliphatic rings. The molecule has 7 nitrogen and oxygen atoms in total. The van der Waals surface area contributed by atoms with Gasteiger partial charge < -0.3 is 14.6 Å². The molecule has 0 aliphatic heterocycles. The van der Waals surface area contributed by atoms with E-state index in [0.717, 1.165) is 16.7 Å². The van der Waals surface area contributed by atoms with E-state index in [9.17, 15) is 31.2 Å². The number of pyridine rings is 1. The predicted octanol–water partition coefficient (Wildman–Crippen LogP) is 2.55. The molecule has 0 bridgehead atoms. The molecule has 0 fully saturated rings.